The van der Waals surface area contributed by atoms with Crippen LogP contribution in [0.1, 0.15) is 5.56 Å². The van der Waals surface area contributed by atoms with Gasteiger partial charge in [0.1, 0.15) is 18.1 Å². The molecule has 32 heavy (non-hydrogen) atoms. The lowest BCUT2D eigenvalue weighted by Crippen LogP contribution is -2.32. The fourth-order valence-electron chi connectivity index (χ4n) is 3.02. The Morgan fingerprint density at radius 1 is 1.00 bits per heavy atom. The molecule has 0 saturated carbocycles. The fourth-order valence-corrected chi connectivity index (χ4v) is 3.02. The van der Waals surface area contributed by atoms with Crippen molar-refractivity contribution in [3.8, 4) is 28.8 Å². The molecule has 0 aliphatic heterocycles. The minimum absolute atomic E-state index is 0.0560. The van der Waals surface area contributed by atoms with E-state index in [0.717, 1.165) is 16.9 Å². The van der Waals surface area contributed by atoms with E-state index in [1.54, 1.807) is 23.8 Å². The van der Waals surface area contributed by atoms with E-state index in [9.17, 15) is 4.79 Å². The molecular weight excluding hydrogens is 410 g/mol. The van der Waals surface area contributed by atoms with E-state index in [2.05, 4.69) is 20.6 Å². The van der Waals surface area contributed by atoms with Gasteiger partial charge >= 0.3 is 0 Å². The molecule has 0 aliphatic carbocycles. The van der Waals surface area contributed by atoms with Gasteiger partial charge in [-0.2, -0.15) is 4.52 Å². The molecule has 1 N–H and O–H groups in total. The molecule has 2 aromatic carbocycles. The molecule has 164 valence electrons. The van der Waals surface area contributed by atoms with Crippen molar-refractivity contribution >= 4 is 11.6 Å². The summed E-state index contributed by atoms with van der Waals surface area (Å²) in [6, 6.07) is 18.5. The number of benzene rings is 2. The Morgan fingerprint density at radius 2 is 1.84 bits per heavy atom. The molecule has 1 amide bonds. The average Bonchev–Trinajstić information content (AvgIpc) is 3.24. The number of nitrogens with one attached hydrogen (secondary N) is 1. The van der Waals surface area contributed by atoms with Crippen molar-refractivity contribution in [1.29, 1.82) is 0 Å². The number of amides is 1. The Labute approximate surface area is 185 Å². The van der Waals surface area contributed by atoms with Gasteiger partial charge in [-0.1, -0.05) is 12.1 Å². The highest BCUT2D eigenvalue weighted by Gasteiger charge is 2.11. The second kappa shape index (κ2) is 9.78. The molecule has 0 atom stereocenters. The second-order valence-electron chi connectivity index (χ2n) is 7.00. The van der Waals surface area contributed by atoms with Gasteiger partial charge in [-0.25, -0.2) is 0 Å². The standard InChI is InChI=1S/C23H23N5O4/c1-16-4-3-5-19(14-16)32-15-21(29)24-12-13-31-22-11-10-20-25-26-23(28(20)27-22)17-6-8-18(30-2)9-7-17/h3-11,14H,12-13,15H2,1-2H3,(H,24,29). The van der Waals surface area contributed by atoms with Crippen molar-refractivity contribution in [2.45, 2.75) is 6.92 Å². The van der Waals surface area contributed by atoms with Gasteiger partial charge in [0, 0.05) is 11.6 Å². The fraction of sp³-hybridized carbons (Fsp3) is 0.217. The summed E-state index contributed by atoms with van der Waals surface area (Å²) in [6.07, 6.45) is 0. The summed E-state index contributed by atoms with van der Waals surface area (Å²) in [6.45, 7) is 2.49. The summed E-state index contributed by atoms with van der Waals surface area (Å²) < 4.78 is 18.0. The number of hydrogen-bond donors (Lipinski definition) is 1. The maximum Gasteiger partial charge on any atom is 0.258 e. The van der Waals surface area contributed by atoms with E-state index < -0.39 is 0 Å². The Morgan fingerprint density at radius 3 is 2.62 bits per heavy atom. The normalized spacial score (nSPS) is 10.7. The number of fused-ring (bicyclic) bond motifs is 1. The summed E-state index contributed by atoms with van der Waals surface area (Å²) in [5.74, 6) is 2.19. The first-order chi connectivity index (χ1) is 15.6. The molecule has 0 saturated heterocycles. The topological polar surface area (TPSA) is 99.9 Å². The third-order valence-electron chi connectivity index (χ3n) is 4.62. The van der Waals surface area contributed by atoms with E-state index in [1.165, 1.54) is 0 Å². The largest absolute Gasteiger partial charge is 0.497 e. The van der Waals surface area contributed by atoms with Crippen LogP contribution < -0.4 is 19.5 Å². The number of carbonyl (C=O) groups excluding carboxylic acids is 1. The van der Waals surface area contributed by atoms with Crippen LogP contribution in [0, 0.1) is 6.92 Å². The Balaban J connectivity index is 1.30. The van der Waals surface area contributed by atoms with Gasteiger partial charge in [0.15, 0.2) is 18.1 Å². The molecule has 9 heteroatoms. The number of methoxy groups -OCH3 is 1. The highest BCUT2D eigenvalue weighted by atomic mass is 16.5. The van der Waals surface area contributed by atoms with Crippen LogP contribution in [0.25, 0.3) is 17.0 Å². The van der Waals surface area contributed by atoms with Crippen molar-refractivity contribution in [1.82, 2.24) is 25.1 Å². The summed E-state index contributed by atoms with van der Waals surface area (Å²) in [5.41, 5.74) is 2.53. The number of rotatable bonds is 9. The molecule has 0 fully saturated rings. The minimum atomic E-state index is -0.223. The lowest BCUT2D eigenvalue weighted by molar-refractivity contribution is -0.123. The van der Waals surface area contributed by atoms with Gasteiger partial charge < -0.3 is 19.5 Å². The van der Waals surface area contributed by atoms with E-state index in [1.807, 2.05) is 55.5 Å². The van der Waals surface area contributed by atoms with E-state index in [4.69, 9.17) is 14.2 Å². The first-order valence-electron chi connectivity index (χ1n) is 10.1. The van der Waals surface area contributed by atoms with Gasteiger partial charge in [0.05, 0.1) is 13.7 Å². The minimum Gasteiger partial charge on any atom is -0.497 e. The zero-order valence-electron chi connectivity index (χ0n) is 17.8. The van der Waals surface area contributed by atoms with Crippen molar-refractivity contribution in [3.63, 3.8) is 0 Å². The summed E-state index contributed by atoms with van der Waals surface area (Å²) in [7, 11) is 1.62. The maximum absolute atomic E-state index is 12.0. The van der Waals surface area contributed by atoms with E-state index in [-0.39, 0.29) is 19.1 Å². The Kier molecular flexibility index (Phi) is 6.45. The highest BCUT2D eigenvalue weighted by Crippen LogP contribution is 2.21. The monoisotopic (exact) mass is 433 g/mol. The van der Waals surface area contributed by atoms with Crippen molar-refractivity contribution in [3.05, 3.63) is 66.2 Å². The highest BCUT2D eigenvalue weighted by molar-refractivity contribution is 5.77. The van der Waals surface area contributed by atoms with Gasteiger partial charge in [-0.05, 0) is 55.0 Å². The molecular formula is C23H23N5O4. The Hall–Kier alpha value is -4.14. The number of carbonyl (C=O) groups is 1. The van der Waals surface area contributed by atoms with Crippen LogP contribution in [0.4, 0.5) is 0 Å². The lowest BCUT2D eigenvalue weighted by Gasteiger charge is -2.09. The lowest BCUT2D eigenvalue weighted by atomic mass is 10.2. The third-order valence-corrected chi connectivity index (χ3v) is 4.62. The quantitative estimate of drug-likeness (QED) is 0.405. The third kappa shape index (κ3) is 5.12. The molecule has 9 nitrogen and oxygen atoms in total. The predicted octanol–water partition coefficient (Wildman–Crippen LogP) is 2.68. The molecule has 0 aliphatic rings. The smallest absolute Gasteiger partial charge is 0.258 e. The number of aromatic nitrogens is 4. The number of aryl methyl sites for hydroxylation is 1. The van der Waals surface area contributed by atoms with Crippen LogP contribution in [0.2, 0.25) is 0 Å². The van der Waals surface area contributed by atoms with E-state index >= 15 is 0 Å². The molecule has 2 aromatic heterocycles. The molecule has 0 spiro atoms. The maximum atomic E-state index is 12.0. The molecule has 4 rings (SSSR count). The first-order valence-corrected chi connectivity index (χ1v) is 10.1. The summed E-state index contributed by atoms with van der Waals surface area (Å²) >= 11 is 0. The average molecular weight is 433 g/mol. The summed E-state index contributed by atoms with van der Waals surface area (Å²) in [5, 5.41) is 15.6. The van der Waals surface area contributed by atoms with Crippen LogP contribution in [0.3, 0.4) is 0 Å². The zero-order chi connectivity index (χ0) is 22.3. The molecule has 0 unspecified atom stereocenters. The van der Waals surface area contributed by atoms with Gasteiger partial charge in [-0.3, -0.25) is 4.79 Å². The molecule has 0 bridgehead atoms. The van der Waals surface area contributed by atoms with E-state index in [0.29, 0.717) is 29.6 Å². The van der Waals surface area contributed by atoms with Crippen LogP contribution in [0.15, 0.2) is 60.7 Å². The van der Waals surface area contributed by atoms with Crippen molar-refractivity contribution < 1.29 is 19.0 Å². The molecule has 0 radical (unpaired) electrons. The summed E-state index contributed by atoms with van der Waals surface area (Å²) in [4.78, 5) is 12.0. The van der Waals surface area contributed by atoms with Gasteiger partial charge in [0.2, 0.25) is 5.88 Å². The number of hydrogen-bond acceptors (Lipinski definition) is 7. The van der Waals surface area contributed by atoms with Crippen LogP contribution in [-0.2, 0) is 4.79 Å². The van der Waals surface area contributed by atoms with Crippen molar-refractivity contribution in [2.24, 2.45) is 0 Å². The number of ether oxygens (including phenoxy) is 3. The SMILES string of the molecule is COc1ccc(-c2nnc3ccc(OCCNC(=O)COc4cccc(C)c4)nn23)cc1. The van der Waals surface area contributed by atoms with Crippen LogP contribution in [0.5, 0.6) is 17.4 Å². The Bertz CT molecular complexity index is 1210. The van der Waals surface area contributed by atoms with Crippen molar-refractivity contribution in [2.75, 3.05) is 26.9 Å². The van der Waals surface area contributed by atoms with Gasteiger partial charge in [-0.15, -0.1) is 15.3 Å². The first kappa shape index (κ1) is 21.1. The van der Waals surface area contributed by atoms with Gasteiger partial charge in [0.25, 0.3) is 5.91 Å². The predicted molar refractivity (Wildman–Crippen MR) is 118 cm³/mol. The molecule has 4 aromatic rings. The second-order valence-corrected chi connectivity index (χ2v) is 7.00. The number of nitrogens with zero attached hydrogens (tertiary/aromatic N) is 4. The van der Waals surface area contributed by atoms with Crippen LogP contribution >= 0.6 is 0 Å². The molecule has 2 heterocycles. The van der Waals surface area contributed by atoms with Crippen LogP contribution in [-0.4, -0.2) is 52.6 Å². The zero-order valence-corrected chi connectivity index (χ0v) is 17.8.